The third-order valence-electron chi connectivity index (χ3n) is 2.30. The number of nitrogens with zero attached hydrogens (tertiary/aromatic N) is 1. The van der Waals surface area contributed by atoms with E-state index in [4.69, 9.17) is 0 Å². The lowest BCUT2D eigenvalue weighted by molar-refractivity contribution is 0.0939. The first-order valence-corrected chi connectivity index (χ1v) is 6.05. The molecule has 0 spiro atoms. The molecule has 2 nitrogen and oxygen atoms in total. The van der Waals surface area contributed by atoms with Gasteiger partial charge in [-0.15, -0.1) is 11.3 Å². The zero-order valence-corrected chi connectivity index (χ0v) is 10.1. The minimum atomic E-state index is 0.00905. The van der Waals surface area contributed by atoms with Gasteiger partial charge in [0, 0.05) is 12.1 Å². The molecule has 0 unspecified atom stereocenters. The molecule has 0 saturated carbocycles. The molecule has 2 aromatic rings. The molecule has 0 atom stereocenters. The number of ketones is 1. The predicted octanol–water partition coefficient (Wildman–Crippen LogP) is 3.65. The number of Topliss-reactive ketones (excluding diaryl/α,β-unsaturated/α-hetero) is 1. The van der Waals surface area contributed by atoms with Gasteiger partial charge in [0.1, 0.15) is 0 Å². The lowest BCUT2D eigenvalue weighted by atomic mass is 10.1. The Balaban J connectivity index is 2.30. The van der Waals surface area contributed by atoms with E-state index in [-0.39, 0.29) is 11.7 Å². The molecule has 0 N–H and O–H groups in total. The summed E-state index contributed by atoms with van der Waals surface area (Å²) in [6.07, 6.45) is 1.77. The largest absolute Gasteiger partial charge is 0.291 e. The molecule has 0 saturated heterocycles. The van der Waals surface area contributed by atoms with Crippen molar-refractivity contribution in [2.24, 2.45) is 5.92 Å². The highest BCUT2D eigenvalue weighted by Crippen LogP contribution is 2.26. The summed E-state index contributed by atoms with van der Waals surface area (Å²) in [5, 5.41) is 0.605. The van der Waals surface area contributed by atoms with Crippen molar-refractivity contribution in [2.75, 3.05) is 0 Å². The van der Waals surface area contributed by atoms with Crippen LogP contribution in [-0.2, 0) is 0 Å². The van der Waals surface area contributed by atoms with Crippen molar-refractivity contribution >= 4 is 17.1 Å². The van der Waals surface area contributed by atoms with Crippen molar-refractivity contribution in [2.45, 2.75) is 13.8 Å². The van der Waals surface area contributed by atoms with Crippen LogP contribution in [0.4, 0.5) is 0 Å². The Morgan fingerprint density at radius 3 is 2.56 bits per heavy atom. The molecule has 0 aliphatic rings. The van der Waals surface area contributed by atoms with Crippen molar-refractivity contribution in [3.05, 3.63) is 41.5 Å². The number of rotatable bonds is 3. The summed E-state index contributed by atoms with van der Waals surface area (Å²) in [6.45, 7) is 3.79. The minimum Gasteiger partial charge on any atom is -0.291 e. The maximum Gasteiger partial charge on any atom is 0.193 e. The minimum absolute atomic E-state index is 0.00905. The third-order valence-corrected chi connectivity index (χ3v) is 3.36. The molecule has 0 radical (unpaired) electrons. The van der Waals surface area contributed by atoms with Gasteiger partial charge in [-0.2, -0.15) is 0 Å². The van der Waals surface area contributed by atoms with E-state index >= 15 is 0 Å². The predicted molar refractivity (Wildman–Crippen MR) is 66.7 cm³/mol. The molecule has 82 valence electrons. The van der Waals surface area contributed by atoms with Gasteiger partial charge >= 0.3 is 0 Å². The van der Waals surface area contributed by atoms with E-state index in [2.05, 4.69) is 4.98 Å². The van der Waals surface area contributed by atoms with Crippen molar-refractivity contribution in [3.63, 3.8) is 0 Å². The summed E-state index contributed by atoms with van der Waals surface area (Å²) in [6, 6.07) is 10.00. The van der Waals surface area contributed by atoms with Crippen LogP contribution in [0.3, 0.4) is 0 Å². The topological polar surface area (TPSA) is 30.0 Å². The maximum atomic E-state index is 11.7. The Hall–Kier alpha value is -1.48. The van der Waals surface area contributed by atoms with Gasteiger partial charge in [-0.3, -0.25) is 4.79 Å². The van der Waals surface area contributed by atoms with Crippen LogP contribution in [0.2, 0.25) is 0 Å². The van der Waals surface area contributed by atoms with Gasteiger partial charge in [0.2, 0.25) is 0 Å². The number of benzene rings is 1. The average molecular weight is 231 g/mol. The van der Waals surface area contributed by atoms with Crippen LogP contribution in [0.5, 0.6) is 0 Å². The highest BCUT2D eigenvalue weighted by atomic mass is 32.1. The fourth-order valence-corrected chi connectivity index (χ4v) is 2.38. The monoisotopic (exact) mass is 231 g/mol. The zero-order valence-electron chi connectivity index (χ0n) is 9.31. The first-order chi connectivity index (χ1) is 7.68. The zero-order chi connectivity index (χ0) is 11.5. The van der Waals surface area contributed by atoms with Gasteiger partial charge in [0.05, 0.1) is 4.88 Å². The van der Waals surface area contributed by atoms with Crippen molar-refractivity contribution in [1.29, 1.82) is 0 Å². The van der Waals surface area contributed by atoms with E-state index in [0.29, 0.717) is 5.01 Å². The molecular formula is C13H13NOS. The molecular weight excluding hydrogens is 218 g/mol. The highest BCUT2D eigenvalue weighted by Gasteiger charge is 2.14. The fraction of sp³-hybridized carbons (Fsp3) is 0.231. The fourth-order valence-electron chi connectivity index (χ4n) is 1.37. The second-order valence-electron chi connectivity index (χ2n) is 3.91. The standard InChI is InChI=1S/C13H13NOS/c1-9(2)12(15)13-14-8-11(16-13)10-6-4-3-5-7-10/h3-9H,1-2H3. The molecule has 0 bridgehead atoms. The summed E-state index contributed by atoms with van der Waals surface area (Å²) in [7, 11) is 0. The number of carbonyl (C=O) groups excluding carboxylic acids is 1. The van der Waals surface area contributed by atoms with E-state index in [9.17, 15) is 4.79 Å². The average Bonchev–Trinajstić information content (AvgIpc) is 2.78. The number of carbonyl (C=O) groups is 1. The van der Waals surface area contributed by atoms with Crippen LogP contribution in [0.15, 0.2) is 36.5 Å². The Morgan fingerprint density at radius 2 is 1.94 bits per heavy atom. The van der Waals surface area contributed by atoms with Gasteiger partial charge in [-0.1, -0.05) is 44.2 Å². The number of hydrogen-bond donors (Lipinski definition) is 0. The van der Waals surface area contributed by atoms with Crippen LogP contribution >= 0.6 is 11.3 Å². The molecule has 0 aliphatic heterocycles. The molecule has 0 fully saturated rings. The van der Waals surface area contributed by atoms with Crippen LogP contribution in [0.25, 0.3) is 10.4 Å². The SMILES string of the molecule is CC(C)C(=O)c1ncc(-c2ccccc2)s1. The maximum absolute atomic E-state index is 11.7. The normalized spacial score (nSPS) is 10.7. The van der Waals surface area contributed by atoms with Crippen molar-refractivity contribution in [1.82, 2.24) is 4.98 Å². The smallest absolute Gasteiger partial charge is 0.193 e. The van der Waals surface area contributed by atoms with Gasteiger partial charge in [0.15, 0.2) is 10.8 Å². The highest BCUT2D eigenvalue weighted by molar-refractivity contribution is 7.17. The van der Waals surface area contributed by atoms with Crippen LogP contribution in [0.1, 0.15) is 23.6 Å². The summed E-state index contributed by atoms with van der Waals surface area (Å²) in [4.78, 5) is 17.0. The molecule has 1 heterocycles. The van der Waals surface area contributed by atoms with E-state index in [1.807, 2.05) is 44.2 Å². The Kier molecular flexibility index (Phi) is 3.15. The molecule has 2 rings (SSSR count). The number of aromatic nitrogens is 1. The Labute approximate surface area is 99.0 Å². The van der Waals surface area contributed by atoms with E-state index in [1.165, 1.54) is 11.3 Å². The van der Waals surface area contributed by atoms with E-state index in [0.717, 1.165) is 10.4 Å². The number of thiazole rings is 1. The molecule has 16 heavy (non-hydrogen) atoms. The Morgan fingerprint density at radius 1 is 1.25 bits per heavy atom. The van der Waals surface area contributed by atoms with Crippen LogP contribution < -0.4 is 0 Å². The molecule has 0 amide bonds. The quantitative estimate of drug-likeness (QED) is 0.755. The summed E-state index contributed by atoms with van der Waals surface area (Å²) >= 11 is 1.46. The third kappa shape index (κ3) is 2.19. The number of hydrogen-bond acceptors (Lipinski definition) is 3. The second kappa shape index (κ2) is 4.58. The van der Waals surface area contributed by atoms with E-state index < -0.39 is 0 Å². The van der Waals surface area contributed by atoms with Gasteiger partial charge in [-0.25, -0.2) is 4.98 Å². The van der Waals surface area contributed by atoms with E-state index in [1.54, 1.807) is 6.20 Å². The summed E-state index contributed by atoms with van der Waals surface area (Å²) < 4.78 is 0. The first kappa shape index (κ1) is 11.0. The van der Waals surface area contributed by atoms with Crippen LogP contribution in [0, 0.1) is 5.92 Å². The van der Waals surface area contributed by atoms with Crippen molar-refractivity contribution in [3.8, 4) is 10.4 Å². The summed E-state index contributed by atoms with van der Waals surface area (Å²) in [5.41, 5.74) is 1.11. The molecule has 3 heteroatoms. The molecule has 1 aromatic carbocycles. The second-order valence-corrected chi connectivity index (χ2v) is 4.95. The lowest BCUT2D eigenvalue weighted by Gasteiger charge is -1.98. The summed E-state index contributed by atoms with van der Waals surface area (Å²) in [5.74, 6) is 0.127. The Bertz CT molecular complexity index is 488. The van der Waals surface area contributed by atoms with Gasteiger partial charge < -0.3 is 0 Å². The lowest BCUT2D eigenvalue weighted by Crippen LogP contribution is -2.06. The van der Waals surface area contributed by atoms with Gasteiger partial charge in [-0.05, 0) is 5.56 Å². The molecule has 1 aromatic heterocycles. The first-order valence-electron chi connectivity index (χ1n) is 5.24. The molecule has 0 aliphatic carbocycles. The van der Waals surface area contributed by atoms with Crippen LogP contribution in [-0.4, -0.2) is 10.8 Å². The van der Waals surface area contributed by atoms with Gasteiger partial charge in [0.25, 0.3) is 0 Å². The van der Waals surface area contributed by atoms with Crippen molar-refractivity contribution < 1.29 is 4.79 Å².